The number of hydrogen-bond donors (Lipinski definition) is 1. The number of benzene rings is 1. The highest BCUT2D eigenvalue weighted by Crippen LogP contribution is 2.22. The summed E-state index contributed by atoms with van der Waals surface area (Å²) in [6.45, 7) is 0. The number of rotatable bonds is 2. The molecular weight excluding hydrogens is 216 g/mol. The molecule has 0 spiro atoms. The Morgan fingerprint density at radius 1 is 1.33 bits per heavy atom. The molecule has 1 atom stereocenters. The predicted molar refractivity (Wildman–Crippen MR) is 60.3 cm³/mol. The van der Waals surface area contributed by atoms with Crippen LogP contribution < -0.4 is 5.32 Å². The maximum Gasteiger partial charge on any atom is 0.146 e. The molecule has 1 aliphatic rings. The smallest absolute Gasteiger partial charge is 0.146 e. The van der Waals surface area contributed by atoms with Gasteiger partial charge in [-0.15, -0.1) is 0 Å². The highest BCUT2D eigenvalue weighted by Gasteiger charge is 2.15. The van der Waals surface area contributed by atoms with Crippen molar-refractivity contribution < 1.29 is 8.78 Å². The van der Waals surface area contributed by atoms with Gasteiger partial charge in [0.15, 0.2) is 0 Å². The van der Waals surface area contributed by atoms with Crippen LogP contribution in [0.3, 0.4) is 0 Å². The molecule has 0 radical (unpaired) electrons. The van der Waals surface area contributed by atoms with Gasteiger partial charge in [0.05, 0.1) is 5.69 Å². The van der Waals surface area contributed by atoms with Crippen LogP contribution in [0.2, 0.25) is 0 Å². The summed E-state index contributed by atoms with van der Waals surface area (Å²) in [4.78, 5) is 0. The third kappa shape index (κ3) is 2.84. The highest BCUT2D eigenvalue weighted by molar-refractivity contribution is 7.99. The van der Waals surface area contributed by atoms with Gasteiger partial charge in [-0.25, -0.2) is 8.78 Å². The average molecular weight is 229 g/mol. The second-order valence-corrected chi connectivity index (χ2v) is 4.83. The van der Waals surface area contributed by atoms with Gasteiger partial charge in [0.25, 0.3) is 0 Å². The Bertz CT molecular complexity index is 337. The van der Waals surface area contributed by atoms with Crippen LogP contribution >= 0.6 is 11.8 Å². The van der Waals surface area contributed by atoms with Crippen molar-refractivity contribution >= 4 is 17.4 Å². The molecule has 1 nitrogen and oxygen atoms in total. The van der Waals surface area contributed by atoms with E-state index in [0.29, 0.717) is 0 Å². The molecule has 1 aliphatic heterocycles. The second-order valence-electron chi connectivity index (χ2n) is 3.68. The van der Waals surface area contributed by atoms with Crippen molar-refractivity contribution in [3.05, 3.63) is 29.8 Å². The molecule has 0 bridgehead atoms. The van der Waals surface area contributed by atoms with E-state index in [1.807, 2.05) is 11.8 Å². The molecule has 2 rings (SSSR count). The minimum atomic E-state index is -0.401. The Hall–Kier alpha value is -0.770. The molecule has 4 heteroatoms. The first-order valence-electron chi connectivity index (χ1n) is 5.05. The number of hydrogen-bond acceptors (Lipinski definition) is 2. The fourth-order valence-corrected chi connectivity index (χ4v) is 2.75. The number of halogens is 2. The number of nitrogens with one attached hydrogen (secondary N) is 1. The van der Waals surface area contributed by atoms with Gasteiger partial charge in [0.2, 0.25) is 0 Å². The monoisotopic (exact) mass is 229 g/mol. The minimum Gasteiger partial charge on any atom is -0.379 e. The summed E-state index contributed by atoms with van der Waals surface area (Å²) in [5.74, 6) is 1.36. The topological polar surface area (TPSA) is 12.0 Å². The molecule has 0 aliphatic carbocycles. The van der Waals surface area contributed by atoms with Crippen LogP contribution in [0, 0.1) is 11.6 Å². The van der Waals surface area contributed by atoms with Crippen molar-refractivity contribution in [3.8, 4) is 0 Å². The van der Waals surface area contributed by atoms with Crippen LogP contribution in [0.5, 0.6) is 0 Å². The van der Waals surface area contributed by atoms with Gasteiger partial charge in [0, 0.05) is 11.8 Å². The van der Waals surface area contributed by atoms with E-state index in [0.717, 1.165) is 30.7 Å². The molecule has 1 N–H and O–H groups in total. The van der Waals surface area contributed by atoms with Crippen molar-refractivity contribution in [1.82, 2.24) is 0 Å². The molecule has 0 unspecified atom stereocenters. The molecule has 82 valence electrons. The van der Waals surface area contributed by atoms with Gasteiger partial charge in [-0.1, -0.05) is 0 Å². The Morgan fingerprint density at radius 3 is 2.93 bits per heavy atom. The summed E-state index contributed by atoms with van der Waals surface area (Å²) in [5.41, 5.74) is 0.280. The van der Waals surface area contributed by atoms with E-state index in [4.69, 9.17) is 0 Å². The second kappa shape index (κ2) is 4.84. The zero-order valence-corrected chi connectivity index (χ0v) is 9.12. The SMILES string of the molecule is Fc1ccc(F)c(N[C@H]2CCCSC2)c1. The van der Waals surface area contributed by atoms with Crippen LogP contribution in [-0.4, -0.2) is 17.5 Å². The highest BCUT2D eigenvalue weighted by atomic mass is 32.2. The van der Waals surface area contributed by atoms with Crippen LogP contribution in [-0.2, 0) is 0 Å². The Kier molecular flexibility index (Phi) is 3.46. The van der Waals surface area contributed by atoms with Crippen molar-refractivity contribution in [3.63, 3.8) is 0 Å². The predicted octanol–water partition coefficient (Wildman–Crippen LogP) is 3.27. The summed E-state index contributed by atoms with van der Waals surface area (Å²) in [6.07, 6.45) is 2.17. The van der Waals surface area contributed by atoms with Gasteiger partial charge in [-0.2, -0.15) is 11.8 Å². The normalized spacial score (nSPS) is 21.3. The summed E-state index contributed by atoms with van der Waals surface area (Å²) in [6, 6.07) is 3.78. The van der Waals surface area contributed by atoms with E-state index >= 15 is 0 Å². The molecular formula is C11H13F2NS. The summed E-state index contributed by atoms with van der Waals surface area (Å²) < 4.78 is 26.2. The van der Waals surface area contributed by atoms with Crippen molar-refractivity contribution in [2.24, 2.45) is 0 Å². The lowest BCUT2D eigenvalue weighted by Crippen LogP contribution is -2.26. The van der Waals surface area contributed by atoms with Gasteiger partial charge in [0.1, 0.15) is 11.6 Å². The van der Waals surface area contributed by atoms with Crippen LogP contribution in [0.25, 0.3) is 0 Å². The van der Waals surface area contributed by atoms with Gasteiger partial charge in [-0.05, 0) is 36.8 Å². The zero-order chi connectivity index (χ0) is 10.7. The van der Waals surface area contributed by atoms with Crippen molar-refractivity contribution in [2.75, 3.05) is 16.8 Å². The van der Waals surface area contributed by atoms with Gasteiger partial charge >= 0.3 is 0 Å². The minimum absolute atomic E-state index is 0.264. The van der Waals surface area contributed by atoms with E-state index in [1.165, 1.54) is 11.8 Å². The molecule has 0 aromatic heterocycles. The molecule has 1 aromatic rings. The van der Waals surface area contributed by atoms with E-state index in [9.17, 15) is 8.78 Å². The molecule has 1 fully saturated rings. The summed E-state index contributed by atoms with van der Waals surface area (Å²) in [5, 5.41) is 3.05. The molecule has 0 saturated carbocycles. The number of anilines is 1. The first-order chi connectivity index (χ1) is 7.25. The van der Waals surface area contributed by atoms with Gasteiger partial charge < -0.3 is 5.32 Å². The summed E-state index contributed by atoms with van der Waals surface area (Å²) >= 11 is 1.85. The lowest BCUT2D eigenvalue weighted by Gasteiger charge is -2.23. The average Bonchev–Trinajstić information content (AvgIpc) is 2.25. The van der Waals surface area contributed by atoms with Crippen LogP contribution in [0.4, 0.5) is 14.5 Å². The lowest BCUT2D eigenvalue weighted by molar-refractivity contribution is 0.596. The fraction of sp³-hybridized carbons (Fsp3) is 0.455. The van der Waals surface area contributed by atoms with Crippen LogP contribution in [0.1, 0.15) is 12.8 Å². The quantitative estimate of drug-likeness (QED) is 0.835. The largest absolute Gasteiger partial charge is 0.379 e. The molecule has 1 aromatic carbocycles. The zero-order valence-electron chi connectivity index (χ0n) is 8.30. The third-order valence-electron chi connectivity index (χ3n) is 2.45. The van der Waals surface area contributed by atoms with E-state index in [1.54, 1.807) is 0 Å². The van der Waals surface area contributed by atoms with Crippen molar-refractivity contribution in [2.45, 2.75) is 18.9 Å². The molecule has 15 heavy (non-hydrogen) atoms. The molecule has 1 saturated heterocycles. The standard InChI is InChI=1S/C11H13F2NS/c12-8-3-4-10(13)11(6-8)14-9-2-1-5-15-7-9/h3-4,6,9,14H,1-2,5,7H2/t9-/m0/s1. The summed E-state index contributed by atoms with van der Waals surface area (Å²) in [7, 11) is 0. The Morgan fingerprint density at radius 2 is 2.20 bits per heavy atom. The third-order valence-corrected chi connectivity index (χ3v) is 3.66. The number of thioether (sulfide) groups is 1. The molecule has 1 heterocycles. The maximum atomic E-state index is 13.3. The van der Waals surface area contributed by atoms with E-state index in [2.05, 4.69) is 5.32 Å². The van der Waals surface area contributed by atoms with Crippen molar-refractivity contribution in [1.29, 1.82) is 0 Å². The fourth-order valence-electron chi connectivity index (χ4n) is 1.68. The molecule has 0 amide bonds. The maximum absolute atomic E-state index is 13.3. The van der Waals surface area contributed by atoms with E-state index in [-0.39, 0.29) is 17.5 Å². The first kappa shape index (κ1) is 10.7. The van der Waals surface area contributed by atoms with E-state index < -0.39 is 5.82 Å². The lowest BCUT2D eigenvalue weighted by atomic mass is 10.1. The Balaban J connectivity index is 2.05. The van der Waals surface area contributed by atoms with Crippen LogP contribution in [0.15, 0.2) is 18.2 Å². The first-order valence-corrected chi connectivity index (χ1v) is 6.20. The Labute approximate surface area is 92.3 Å². The van der Waals surface area contributed by atoms with Gasteiger partial charge in [-0.3, -0.25) is 0 Å².